The van der Waals surface area contributed by atoms with Crippen molar-refractivity contribution in [2.24, 2.45) is 0 Å². The first-order chi connectivity index (χ1) is 10.3. The molecule has 1 fully saturated rings. The number of carbonyl (C=O) groups is 1. The van der Waals surface area contributed by atoms with Gasteiger partial charge in [-0.3, -0.25) is 14.4 Å². The lowest BCUT2D eigenvalue weighted by Crippen LogP contribution is -2.41. The molecule has 1 amide bonds. The Morgan fingerprint density at radius 1 is 1.48 bits per heavy atom. The molecule has 1 aliphatic rings. The predicted molar refractivity (Wildman–Crippen MR) is 83.0 cm³/mol. The van der Waals surface area contributed by atoms with Gasteiger partial charge in [-0.15, -0.1) is 11.3 Å². The molecular weight excluding hydrogens is 284 g/mol. The molecule has 21 heavy (non-hydrogen) atoms. The molecular formula is C15H20N4OS. The number of carbonyl (C=O) groups excluding carboxylic acids is 1. The number of rotatable bonds is 6. The van der Waals surface area contributed by atoms with Gasteiger partial charge in [-0.05, 0) is 36.9 Å². The Morgan fingerprint density at radius 2 is 2.43 bits per heavy atom. The van der Waals surface area contributed by atoms with Crippen LogP contribution in [0.3, 0.4) is 0 Å². The number of likely N-dealkylation sites (tertiary alicyclic amines) is 1. The van der Waals surface area contributed by atoms with Crippen LogP contribution < -0.4 is 5.32 Å². The SMILES string of the molecule is O=C(CN1CCC[C@H]1Cn1cccn1)NCc1cccs1. The number of thiophene rings is 1. The molecule has 0 radical (unpaired) electrons. The third kappa shape index (κ3) is 3.92. The van der Waals surface area contributed by atoms with Crippen LogP contribution in [0.4, 0.5) is 0 Å². The van der Waals surface area contributed by atoms with Crippen LogP contribution in [0.5, 0.6) is 0 Å². The highest BCUT2D eigenvalue weighted by atomic mass is 32.1. The normalized spacial score (nSPS) is 19.0. The molecule has 6 heteroatoms. The monoisotopic (exact) mass is 304 g/mol. The second-order valence-electron chi connectivity index (χ2n) is 5.35. The summed E-state index contributed by atoms with van der Waals surface area (Å²) in [5, 5.41) is 9.28. The van der Waals surface area contributed by atoms with Crippen molar-refractivity contribution in [3.8, 4) is 0 Å². The Labute approximate surface area is 128 Å². The Hall–Kier alpha value is -1.66. The van der Waals surface area contributed by atoms with Crippen molar-refractivity contribution in [2.45, 2.75) is 32.0 Å². The van der Waals surface area contributed by atoms with Crippen LogP contribution in [0, 0.1) is 0 Å². The first-order valence-corrected chi connectivity index (χ1v) is 8.20. The molecule has 3 rings (SSSR count). The molecule has 1 atom stereocenters. The topological polar surface area (TPSA) is 50.2 Å². The highest BCUT2D eigenvalue weighted by molar-refractivity contribution is 7.09. The quantitative estimate of drug-likeness (QED) is 0.884. The van der Waals surface area contributed by atoms with Crippen LogP contribution in [0.15, 0.2) is 36.0 Å². The molecule has 0 bridgehead atoms. The van der Waals surface area contributed by atoms with Gasteiger partial charge in [0, 0.05) is 23.3 Å². The number of aromatic nitrogens is 2. The van der Waals surface area contributed by atoms with Crippen LogP contribution in [0.2, 0.25) is 0 Å². The minimum absolute atomic E-state index is 0.107. The first kappa shape index (κ1) is 14.3. The van der Waals surface area contributed by atoms with Crippen molar-refractivity contribution in [2.75, 3.05) is 13.1 Å². The van der Waals surface area contributed by atoms with E-state index in [1.54, 1.807) is 17.5 Å². The van der Waals surface area contributed by atoms with Crippen molar-refractivity contribution in [3.05, 3.63) is 40.8 Å². The number of hydrogen-bond acceptors (Lipinski definition) is 4. The van der Waals surface area contributed by atoms with Gasteiger partial charge < -0.3 is 5.32 Å². The van der Waals surface area contributed by atoms with E-state index >= 15 is 0 Å². The molecule has 0 aliphatic carbocycles. The van der Waals surface area contributed by atoms with Gasteiger partial charge in [0.15, 0.2) is 0 Å². The van der Waals surface area contributed by atoms with Crippen molar-refractivity contribution in [1.29, 1.82) is 0 Å². The van der Waals surface area contributed by atoms with E-state index in [2.05, 4.69) is 15.3 Å². The first-order valence-electron chi connectivity index (χ1n) is 7.32. The van der Waals surface area contributed by atoms with Crippen molar-refractivity contribution in [1.82, 2.24) is 20.0 Å². The van der Waals surface area contributed by atoms with Gasteiger partial charge in [-0.2, -0.15) is 5.10 Å². The molecule has 2 aromatic rings. The lowest BCUT2D eigenvalue weighted by atomic mass is 10.2. The summed E-state index contributed by atoms with van der Waals surface area (Å²) in [6, 6.07) is 6.40. The standard InChI is InChI=1S/C15H20N4OS/c20-15(16-10-14-5-2-9-21-14)12-18-7-1-4-13(18)11-19-8-3-6-17-19/h2-3,5-6,8-9,13H,1,4,7,10-12H2,(H,16,20)/t13-/m0/s1. The summed E-state index contributed by atoms with van der Waals surface area (Å²) in [4.78, 5) is 15.5. The third-order valence-electron chi connectivity index (χ3n) is 3.84. The number of amides is 1. The number of nitrogens with zero attached hydrogens (tertiary/aromatic N) is 3. The smallest absolute Gasteiger partial charge is 0.234 e. The highest BCUT2D eigenvalue weighted by Gasteiger charge is 2.26. The molecule has 0 aromatic carbocycles. The van der Waals surface area contributed by atoms with E-state index < -0.39 is 0 Å². The van der Waals surface area contributed by atoms with E-state index in [-0.39, 0.29) is 5.91 Å². The lowest BCUT2D eigenvalue weighted by molar-refractivity contribution is -0.122. The summed E-state index contributed by atoms with van der Waals surface area (Å²) >= 11 is 1.67. The highest BCUT2D eigenvalue weighted by Crippen LogP contribution is 2.18. The van der Waals surface area contributed by atoms with Gasteiger partial charge >= 0.3 is 0 Å². The Bertz CT molecular complexity index is 552. The van der Waals surface area contributed by atoms with E-state index in [1.165, 1.54) is 4.88 Å². The summed E-state index contributed by atoms with van der Waals surface area (Å²) in [6.45, 7) is 2.98. The summed E-state index contributed by atoms with van der Waals surface area (Å²) in [5.41, 5.74) is 0. The maximum atomic E-state index is 12.1. The second-order valence-corrected chi connectivity index (χ2v) is 6.38. The predicted octanol–water partition coefficient (Wildman–Crippen LogP) is 1.73. The van der Waals surface area contributed by atoms with Crippen LogP contribution >= 0.6 is 11.3 Å². The summed E-state index contributed by atoms with van der Waals surface area (Å²) in [6.07, 6.45) is 6.07. The number of hydrogen-bond donors (Lipinski definition) is 1. The minimum Gasteiger partial charge on any atom is -0.350 e. The largest absolute Gasteiger partial charge is 0.350 e. The van der Waals surface area contributed by atoms with Gasteiger partial charge in [0.25, 0.3) is 0 Å². The summed E-state index contributed by atoms with van der Waals surface area (Å²) < 4.78 is 1.95. The van der Waals surface area contributed by atoms with E-state index in [0.717, 1.165) is 25.9 Å². The minimum atomic E-state index is 0.107. The molecule has 0 unspecified atom stereocenters. The fourth-order valence-corrected chi connectivity index (χ4v) is 3.42. The fourth-order valence-electron chi connectivity index (χ4n) is 2.77. The second kappa shape index (κ2) is 6.87. The van der Waals surface area contributed by atoms with Crippen LogP contribution in [-0.2, 0) is 17.9 Å². The molecule has 1 N–H and O–H groups in total. The Balaban J connectivity index is 1.47. The Morgan fingerprint density at radius 3 is 3.19 bits per heavy atom. The van der Waals surface area contributed by atoms with Crippen molar-refractivity contribution < 1.29 is 4.79 Å². The van der Waals surface area contributed by atoms with Gasteiger partial charge in [-0.1, -0.05) is 6.07 Å². The van der Waals surface area contributed by atoms with Crippen LogP contribution in [0.1, 0.15) is 17.7 Å². The van der Waals surface area contributed by atoms with E-state index in [9.17, 15) is 4.79 Å². The zero-order valence-corrected chi connectivity index (χ0v) is 12.8. The number of nitrogens with one attached hydrogen (secondary N) is 1. The zero-order valence-electron chi connectivity index (χ0n) is 11.9. The van der Waals surface area contributed by atoms with Crippen LogP contribution in [0.25, 0.3) is 0 Å². The molecule has 2 aromatic heterocycles. The van der Waals surface area contributed by atoms with Gasteiger partial charge in [0.05, 0.1) is 19.6 Å². The average Bonchev–Trinajstić information content (AvgIpc) is 3.20. The lowest BCUT2D eigenvalue weighted by Gasteiger charge is -2.23. The maximum absolute atomic E-state index is 12.1. The molecule has 112 valence electrons. The average molecular weight is 304 g/mol. The zero-order chi connectivity index (χ0) is 14.5. The third-order valence-corrected chi connectivity index (χ3v) is 4.72. The molecule has 1 saturated heterocycles. The molecule has 0 spiro atoms. The Kier molecular flexibility index (Phi) is 4.67. The van der Waals surface area contributed by atoms with E-state index in [1.807, 2.05) is 34.5 Å². The molecule has 1 aliphatic heterocycles. The van der Waals surface area contributed by atoms with Gasteiger partial charge in [-0.25, -0.2) is 0 Å². The van der Waals surface area contributed by atoms with Crippen molar-refractivity contribution in [3.63, 3.8) is 0 Å². The van der Waals surface area contributed by atoms with Crippen molar-refractivity contribution >= 4 is 17.2 Å². The maximum Gasteiger partial charge on any atom is 0.234 e. The van der Waals surface area contributed by atoms with Gasteiger partial charge in [0.2, 0.25) is 5.91 Å². The van der Waals surface area contributed by atoms with Crippen LogP contribution in [-0.4, -0.2) is 39.7 Å². The van der Waals surface area contributed by atoms with E-state index in [0.29, 0.717) is 19.1 Å². The molecule has 5 nitrogen and oxygen atoms in total. The van der Waals surface area contributed by atoms with Gasteiger partial charge in [0.1, 0.15) is 0 Å². The summed E-state index contributed by atoms with van der Waals surface area (Å²) in [5.74, 6) is 0.107. The summed E-state index contributed by atoms with van der Waals surface area (Å²) in [7, 11) is 0. The molecule has 3 heterocycles. The van der Waals surface area contributed by atoms with E-state index in [4.69, 9.17) is 0 Å². The molecule has 0 saturated carbocycles. The fraction of sp³-hybridized carbons (Fsp3) is 0.467.